The van der Waals surface area contributed by atoms with E-state index in [1.54, 1.807) is 27.6 Å². The highest BCUT2D eigenvalue weighted by Crippen LogP contribution is 2.66. The zero-order chi connectivity index (χ0) is 25.4. The first-order chi connectivity index (χ1) is 17.4. The van der Waals surface area contributed by atoms with E-state index in [-0.39, 0.29) is 30.2 Å². The molecule has 2 bridgehead atoms. The Hall–Kier alpha value is -2.84. The quantitative estimate of drug-likeness (QED) is 0.375. The molecule has 0 saturated carbocycles. The molecule has 2 N–H and O–H groups in total. The molecule has 36 heavy (non-hydrogen) atoms. The van der Waals surface area contributed by atoms with Crippen molar-refractivity contribution < 1.29 is 24.6 Å². The molecule has 190 valence electrons. The van der Waals surface area contributed by atoms with Crippen LogP contribution in [0.3, 0.4) is 0 Å². The maximum Gasteiger partial charge on any atom is 0.308 e. The van der Waals surface area contributed by atoms with Crippen LogP contribution in [0.5, 0.6) is 0 Å². The molecule has 0 aliphatic carbocycles. The normalized spacial score (nSPS) is 28.5. The fraction of sp³-hybridized carbons (Fsp3) is 0.464. The van der Waals surface area contributed by atoms with Crippen molar-refractivity contribution in [2.45, 2.75) is 48.1 Å². The lowest BCUT2D eigenvalue weighted by Crippen LogP contribution is -2.55. The summed E-state index contributed by atoms with van der Waals surface area (Å²) in [7, 11) is 0. The molecule has 3 aliphatic heterocycles. The molecule has 2 aromatic carbocycles. The van der Waals surface area contributed by atoms with Crippen LogP contribution in [0.15, 0.2) is 55.1 Å². The minimum Gasteiger partial charge on any atom is -0.481 e. The number of aliphatic carboxylic acids is 1. The molecule has 1 spiro atoms. The van der Waals surface area contributed by atoms with Crippen LogP contribution in [-0.2, 0) is 14.4 Å². The zero-order valence-corrected chi connectivity index (χ0v) is 21.0. The number of unbranched alkanes of at least 4 members (excludes halogenated alkanes) is 2. The van der Waals surface area contributed by atoms with Crippen molar-refractivity contribution >= 4 is 46.0 Å². The van der Waals surface area contributed by atoms with Crippen molar-refractivity contribution in [1.82, 2.24) is 4.90 Å². The van der Waals surface area contributed by atoms with Gasteiger partial charge in [-0.05, 0) is 55.0 Å². The van der Waals surface area contributed by atoms with Crippen molar-refractivity contribution in [2.75, 3.05) is 24.6 Å². The summed E-state index contributed by atoms with van der Waals surface area (Å²) in [5.41, 5.74) is 0.735. The number of likely N-dealkylation sites (tertiary alicyclic amines) is 1. The number of aliphatic hydroxyl groups excluding tert-OH is 1. The number of nitrogens with zero attached hydrogens (tertiary/aromatic N) is 2. The molecule has 5 rings (SSSR count). The van der Waals surface area contributed by atoms with Gasteiger partial charge in [0.15, 0.2) is 0 Å². The van der Waals surface area contributed by atoms with Crippen LogP contribution >= 0.6 is 11.8 Å². The summed E-state index contributed by atoms with van der Waals surface area (Å²) in [6.07, 6.45) is 5.06. The van der Waals surface area contributed by atoms with E-state index in [0.717, 1.165) is 22.9 Å². The summed E-state index contributed by atoms with van der Waals surface area (Å²) < 4.78 is -0.727. The summed E-state index contributed by atoms with van der Waals surface area (Å²) in [6.45, 7) is 4.62. The Bertz CT molecular complexity index is 1200. The Morgan fingerprint density at radius 3 is 2.67 bits per heavy atom. The van der Waals surface area contributed by atoms with E-state index in [1.165, 1.54) is 0 Å². The second kappa shape index (κ2) is 9.90. The van der Waals surface area contributed by atoms with Crippen LogP contribution in [0.1, 0.15) is 32.1 Å². The van der Waals surface area contributed by atoms with E-state index in [1.807, 2.05) is 42.5 Å². The van der Waals surface area contributed by atoms with Crippen LogP contribution in [0, 0.1) is 11.8 Å². The van der Waals surface area contributed by atoms with Gasteiger partial charge in [-0.3, -0.25) is 14.4 Å². The monoisotopic (exact) mass is 508 g/mol. The van der Waals surface area contributed by atoms with Gasteiger partial charge in [0.25, 0.3) is 5.91 Å². The lowest BCUT2D eigenvalue weighted by molar-refractivity contribution is -0.148. The van der Waals surface area contributed by atoms with E-state index in [0.29, 0.717) is 32.2 Å². The molecule has 3 heterocycles. The van der Waals surface area contributed by atoms with Crippen molar-refractivity contribution in [1.29, 1.82) is 0 Å². The summed E-state index contributed by atoms with van der Waals surface area (Å²) in [5, 5.41) is 21.1. The maximum atomic E-state index is 14.4. The van der Waals surface area contributed by atoms with Crippen LogP contribution in [0.25, 0.3) is 10.8 Å². The number of fused-ring (bicyclic) bond motifs is 2. The Morgan fingerprint density at radius 1 is 1.17 bits per heavy atom. The standard InChI is InChI=1S/C28H32N2O5S/c1-2-14-29(20-11-10-18-8-4-5-9-19(18)17-20)26(33)24-28-13-12-21(36-28)22(27(34)35)23(28)25(32)30(24)15-6-3-7-16-31/h2,4-5,8-11,17,21-24,31H,1,3,6-7,12-16H2,(H,34,35)/t21-,22+,23-,24?,28?/m0/s1. The second-order valence-corrected chi connectivity index (χ2v) is 11.6. The van der Waals surface area contributed by atoms with Gasteiger partial charge in [-0.2, -0.15) is 0 Å². The smallest absolute Gasteiger partial charge is 0.308 e. The Morgan fingerprint density at radius 2 is 1.94 bits per heavy atom. The SMILES string of the molecule is C=CCN(C(=O)C1N(CCCCCO)C(=O)[C@@H]2[C@H](C(=O)O)[C@@H]3CCC12S3)c1ccc2ccccc2c1. The maximum absolute atomic E-state index is 14.4. The van der Waals surface area contributed by atoms with Crippen molar-refractivity contribution in [3.63, 3.8) is 0 Å². The summed E-state index contributed by atoms with van der Waals surface area (Å²) in [6, 6.07) is 13.1. The van der Waals surface area contributed by atoms with Crippen molar-refractivity contribution in [2.24, 2.45) is 11.8 Å². The van der Waals surface area contributed by atoms with E-state index < -0.39 is 28.6 Å². The lowest BCUT2D eigenvalue weighted by atomic mass is 9.71. The molecule has 0 aromatic heterocycles. The fourth-order valence-electron chi connectivity index (χ4n) is 6.47. The number of hydrogen-bond donors (Lipinski definition) is 2. The van der Waals surface area contributed by atoms with Gasteiger partial charge >= 0.3 is 5.97 Å². The molecule has 2 aromatic rings. The van der Waals surface area contributed by atoms with Gasteiger partial charge in [-0.15, -0.1) is 18.3 Å². The minimum absolute atomic E-state index is 0.0799. The molecule has 3 fully saturated rings. The van der Waals surface area contributed by atoms with Crippen molar-refractivity contribution in [3.8, 4) is 0 Å². The average molecular weight is 509 g/mol. The van der Waals surface area contributed by atoms with Gasteiger partial charge in [-0.1, -0.05) is 36.4 Å². The minimum atomic E-state index is -0.946. The largest absolute Gasteiger partial charge is 0.481 e. The van der Waals surface area contributed by atoms with Gasteiger partial charge in [0.1, 0.15) is 6.04 Å². The van der Waals surface area contributed by atoms with Gasteiger partial charge in [0, 0.05) is 30.6 Å². The van der Waals surface area contributed by atoms with Crippen molar-refractivity contribution in [3.05, 3.63) is 55.1 Å². The first-order valence-electron chi connectivity index (χ1n) is 12.7. The van der Waals surface area contributed by atoms with E-state index in [2.05, 4.69) is 6.58 Å². The number of carboxylic acid groups (broad SMARTS) is 1. The third kappa shape index (κ3) is 3.91. The van der Waals surface area contributed by atoms with E-state index in [4.69, 9.17) is 0 Å². The number of carbonyl (C=O) groups excluding carboxylic acids is 2. The number of carbonyl (C=O) groups is 3. The second-order valence-electron chi connectivity index (χ2n) is 9.98. The third-order valence-corrected chi connectivity index (χ3v) is 9.95. The lowest BCUT2D eigenvalue weighted by Gasteiger charge is -2.37. The predicted octanol–water partition coefficient (Wildman–Crippen LogP) is 3.70. The fourth-order valence-corrected chi connectivity index (χ4v) is 8.68. The highest BCUT2D eigenvalue weighted by atomic mass is 32.2. The molecule has 2 unspecified atom stereocenters. The average Bonchev–Trinajstić information content (AvgIpc) is 3.52. The van der Waals surface area contributed by atoms with E-state index >= 15 is 0 Å². The first kappa shape index (κ1) is 24.8. The van der Waals surface area contributed by atoms with Gasteiger partial charge < -0.3 is 20.0 Å². The topological polar surface area (TPSA) is 98.2 Å². The molecule has 8 heteroatoms. The Kier molecular flexibility index (Phi) is 6.83. The Balaban J connectivity index is 1.54. The molecule has 0 radical (unpaired) electrons. The van der Waals surface area contributed by atoms with E-state index in [9.17, 15) is 24.6 Å². The van der Waals surface area contributed by atoms with Crippen LogP contribution in [0.4, 0.5) is 5.69 Å². The Labute approximate surface area is 215 Å². The molecular weight excluding hydrogens is 476 g/mol. The third-order valence-electron chi connectivity index (χ3n) is 8.00. The number of amides is 2. The number of benzene rings is 2. The number of hydrogen-bond acceptors (Lipinski definition) is 5. The molecular formula is C28H32N2O5S. The number of thioether (sulfide) groups is 1. The number of rotatable bonds is 10. The summed E-state index contributed by atoms with van der Waals surface area (Å²) >= 11 is 1.55. The van der Waals surface area contributed by atoms with Crippen LogP contribution in [0.2, 0.25) is 0 Å². The molecule has 3 saturated heterocycles. The molecule has 7 nitrogen and oxygen atoms in total. The van der Waals surface area contributed by atoms with Crippen LogP contribution < -0.4 is 4.90 Å². The van der Waals surface area contributed by atoms with Crippen LogP contribution in [-0.4, -0.2) is 68.6 Å². The molecule has 5 atom stereocenters. The number of aliphatic hydroxyl groups is 1. The van der Waals surface area contributed by atoms with Gasteiger partial charge in [-0.25, -0.2) is 0 Å². The molecule has 3 aliphatic rings. The highest BCUT2D eigenvalue weighted by Gasteiger charge is 2.73. The van der Waals surface area contributed by atoms with Gasteiger partial charge in [0.2, 0.25) is 5.91 Å². The molecule has 2 amide bonds. The number of anilines is 1. The number of carboxylic acids is 1. The summed E-state index contributed by atoms with van der Waals surface area (Å²) in [4.78, 5) is 43.7. The van der Waals surface area contributed by atoms with Gasteiger partial charge in [0.05, 0.1) is 16.6 Å². The highest BCUT2D eigenvalue weighted by molar-refractivity contribution is 8.02. The zero-order valence-electron chi connectivity index (χ0n) is 20.2. The first-order valence-corrected chi connectivity index (χ1v) is 13.5. The summed E-state index contributed by atoms with van der Waals surface area (Å²) in [5.74, 6) is -2.78. The predicted molar refractivity (Wildman–Crippen MR) is 141 cm³/mol.